The fourth-order valence-corrected chi connectivity index (χ4v) is 2.49. The molecule has 1 unspecified atom stereocenters. The first-order valence-electron chi connectivity index (χ1n) is 6.01. The first-order chi connectivity index (χ1) is 9.54. The van der Waals surface area contributed by atoms with Crippen molar-refractivity contribution in [3.05, 3.63) is 23.8 Å². The fraction of sp³-hybridized carbons (Fsp3) is 0.231. The van der Waals surface area contributed by atoms with Gasteiger partial charge in [-0.1, -0.05) is 6.07 Å². The van der Waals surface area contributed by atoms with Gasteiger partial charge in [0.2, 0.25) is 11.9 Å². The quantitative estimate of drug-likeness (QED) is 0.755. The van der Waals surface area contributed by atoms with Crippen molar-refractivity contribution in [2.24, 2.45) is 0 Å². The monoisotopic (exact) mass is 269 g/mol. The average molecular weight is 269 g/mol. The largest absolute Gasteiger partial charge is 0.369 e. The first kappa shape index (κ1) is 12.2. The van der Waals surface area contributed by atoms with Crippen molar-refractivity contribution in [2.45, 2.75) is 12.5 Å². The molecule has 100 valence electrons. The summed E-state index contributed by atoms with van der Waals surface area (Å²) in [6, 6.07) is 6.41. The van der Waals surface area contributed by atoms with Gasteiger partial charge in [-0.15, -0.1) is 0 Å². The Morgan fingerprint density at radius 3 is 2.80 bits per heavy atom. The highest BCUT2D eigenvalue weighted by atomic mass is 16.2. The maximum Gasteiger partial charge on any atom is 0.252 e. The van der Waals surface area contributed by atoms with E-state index in [4.69, 9.17) is 11.0 Å². The Hall–Kier alpha value is -2.88. The summed E-state index contributed by atoms with van der Waals surface area (Å²) in [6.45, 7) is 0. The normalized spacial score (nSPS) is 18.8. The Labute approximate surface area is 114 Å². The number of imide groups is 1. The molecule has 1 aromatic heterocycles. The number of hydrogen-bond donors (Lipinski definition) is 1. The topological polar surface area (TPSA) is 105 Å². The van der Waals surface area contributed by atoms with E-state index in [0.717, 1.165) is 4.90 Å². The van der Waals surface area contributed by atoms with Crippen LogP contribution in [0.4, 0.5) is 5.95 Å². The molecule has 7 nitrogen and oxygen atoms in total. The second-order valence-electron chi connectivity index (χ2n) is 4.64. The van der Waals surface area contributed by atoms with E-state index in [1.165, 1.54) is 11.6 Å². The molecular weight excluding hydrogens is 258 g/mol. The fourth-order valence-electron chi connectivity index (χ4n) is 2.49. The van der Waals surface area contributed by atoms with Gasteiger partial charge in [0.15, 0.2) is 0 Å². The van der Waals surface area contributed by atoms with Crippen LogP contribution in [0.2, 0.25) is 0 Å². The van der Waals surface area contributed by atoms with Gasteiger partial charge in [0.25, 0.3) is 5.91 Å². The number of benzene rings is 1. The molecule has 2 amide bonds. The number of imidazole rings is 1. The summed E-state index contributed by atoms with van der Waals surface area (Å²) < 4.78 is 1.53. The number of para-hydroxylation sites is 1. The van der Waals surface area contributed by atoms with Crippen molar-refractivity contribution < 1.29 is 9.59 Å². The zero-order chi connectivity index (χ0) is 14.4. The van der Waals surface area contributed by atoms with Crippen molar-refractivity contribution in [3.8, 4) is 6.07 Å². The Kier molecular flexibility index (Phi) is 2.47. The molecule has 7 heteroatoms. The van der Waals surface area contributed by atoms with Gasteiger partial charge in [0, 0.05) is 7.05 Å². The number of anilines is 1. The molecule has 0 bridgehead atoms. The Balaban J connectivity index is 2.23. The van der Waals surface area contributed by atoms with Crippen LogP contribution in [-0.2, 0) is 9.59 Å². The van der Waals surface area contributed by atoms with E-state index in [2.05, 4.69) is 4.98 Å². The van der Waals surface area contributed by atoms with Gasteiger partial charge in [-0.25, -0.2) is 4.98 Å². The van der Waals surface area contributed by atoms with Gasteiger partial charge in [-0.3, -0.25) is 19.1 Å². The van der Waals surface area contributed by atoms with E-state index >= 15 is 0 Å². The number of nitrogens with two attached hydrogens (primary N) is 1. The summed E-state index contributed by atoms with van der Waals surface area (Å²) in [7, 11) is 1.45. The Bertz CT molecular complexity index is 786. The maximum absolute atomic E-state index is 12.1. The predicted molar refractivity (Wildman–Crippen MR) is 70.3 cm³/mol. The minimum absolute atomic E-state index is 0.0573. The van der Waals surface area contributed by atoms with Crippen molar-refractivity contribution in [1.29, 1.82) is 5.26 Å². The van der Waals surface area contributed by atoms with Crippen LogP contribution in [0.5, 0.6) is 0 Å². The number of nitrogens with zero attached hydrogens (tertiary/aromatic N) is 4. The molecule has 0 radical (unpaired) electrons. The van der Waals surface area contributed by atoms with Crippen molar-refractivity contribution in [3.63, 3.8) is 0 Å². The minimum Gasteiger partial charge on any atom is -0.369 e. The summed E-state index contributed by atoms with van der Waals surface area (Å²) >= 11 is 0. The summed E-state index contributed by atoms with van der Waals surface area (Å²) in [6.07, 6.45) is 0.0573. The van der Waals surface area contributed by atoms with Crippen LogP contribution in [-0.4, -0.2) is 33.3 Å². The number of hydrogen-bond acceptors (Lipinski definition) is 5. The predicted octanol–water partition coefficient (Wildman–Crippen LogP) is 0.420. The van der Waals surface area contributed by atoms with Gasteiger partial charge < -0.3 is 5.73 Å². The summed E-state index contributed by atoms with van der Waals surface area (Å²) in [5.41, 5.74) is 7.29. The number of fused-ring (bicyclic) bond motifs is 1. The number of carbonyl (C=O) groups excluding carboxylic acids is 2. The SMILES string of the molecule is CN1C(=O)CC(n2c(N)nc3c(C#N)cccc32)C1=O. The average Bonchev–Trinajstić information content (AvgIpc) is 2.89. The lowest BCUT2D eigenvalue weighted by Crippen LogP contribution is -2.27. The number of likely N-dealkylation sites (N-methyl/N-ethyl adjacent to an activating group) is 1. The standard InChI is InChI=1S/C13H11N5O2/c1-17-10(19)5-9(12(17)20)18-8-4-2-3-7(6-14)11(8)16-13(18)15/h2-4,9H,5H2,1H3,(H2,15,16). The molecule has 2 heterocycles. The second-order valence-corrected chi connectivity index (χ2v) is 4.64. The summed E-state index contributed by atoms with van der Waals surface area (Å²) in [5.74, 6) is -0.440. The molecular formula is C13H11N5O2. The summed E-state index contributed by atoms with van der Waals surface area (Å²) in [5, 5.41) is 9.07. The second kappa shape index (κ2) is 4.06. The van der Waals surface area contributed by atoms with Gasteiger partial charge in [0.05, 0.1) is 17.5 Å². The van der Waals surface area contributed by atoms with E-state index in [1.54, 1.807) is 18.2 Å². The number of likely N-dealkylation sites (tertiary alicyclic amines) is 1. The molecule has 1 aliphatic heterocycles. The van der Waals surface area contributed by atoms with Gasteiger partial charge >= 0.3 is 0 Å². The number of rotatable bonds is 1. The molecule has 1 aromatic carbocycles. The molecule has 0 aliphatic carbocycles. The molecule has 1 saturated heterocycles. The molecule has 2 N–H and O–H groups in total. The molecule has 1 aliphatic rings. The van der Waals surface area contributed by atoms with E-state index < -0.39 is 6.04 Å². The number of amides is 2. The first-order valence-corrected chi connectivity index (χ1v) is 6.01. The van der Waals surface area contributed by atoms with Gasteiger partial charge in [-0.2, -0.15) is 5.26 Å². The molecule has 20 heavy (non-hydrogen) atoms. The van der Waals surface area contributed by atoms with Crippen molar-refractivity contribution in [2.75, 3.05) is 12.8 Å². The molecule has 3 rings (SSSR count). The van der Waals surface area contributed by atoms with Gasteiger partial charge in [0.1, 0.15) is 17.6 Å². The van der Waals surface area contributed by atoms with E-state index in [-0.39, 0.29) is 24.2 Å². The van der Waals surface area contributed by atoms with E-state index in [1.807, 2.05) is 6.07 Å². The van der Waals surface area contributed by atoms with Crippen LogP contribution in [0.1, 0.15) is 18.0 Å². The van der Waals surface area contributed by atoms with Crippen LogP contribution >= 0.6 is 0 Å². The van der Waals surface area contributed by atoms with Gasteiger partial charge in [-0.05, 0) is 12.1 Å². The van der Waals surface area contributed by atoms with Crippen LogP contribution in [0, 0.1) is 11.3 Å². The third-order valence-corrected chi connectivity index (χ3v) is 3.54. The van der Waals surface area contributed by atoms with Crippen molar-refractivity contribution in [1.82, 2.24) is 14.5 Å². The third-order valence-electron chi connectivity index (χ3n) is 3.54. The number of nitrogen functional groups attached to an aromatic ring is 1. The van der Waals surface area contributed by atoms with E-state index in [9.17, 15) is 9.59 Å². The Morgan fingerprint density at radius 1 is 1.45 bits per heavy atom. The highest BCUT2D eigenvalue weighted by molar-refractivity contribution is 6.05. The third kappa shape index (κ3) is 1.48. The lowest BCUT2D eigenvalue weighted by atomic mass is 10.2. The zero-order valence-electron chi connectivity index (χ0n) is 10.7. The molecule has 0 spiro atoms. The highest BCUT2D eigenvalue weighted by Crippen LogP contribution is 2.31. The molecule has 1 atom stereocenters. The highest BCUT2D eigenvalue weighted by Gasteiger charge is 2.39. The number of nitriles is 1. The van der Waals surface area contributed by atoms with Crippen LogP contribution in [0.3, 0.4) is 0 Å². The zero-order valence-corrected chi connectivity index (χ0v) is 10.7. The van der Waals surface area contributed by atoms with Crippen LogP contribution < -0.4 is 5.73 Å². The Morgan fingerprint density at radius 2 is 2.20 bits per heavy atom. The smallest absolute Gasteiger partial charge is 0.252 e. The van der Waals surface area contributed by atoms with Crippen LogP contribution in [0.15, 0.2) is 18.2 Å². The minimum atomic E-state index is -0.688. The molecule has 1 fully saturated rings. The van der Waals surface area contributed by atoms with E-state index in [0.29, 0.717) is 16.6 Å². The lowest BCUT2D eigenvalue weighted by Gasteiger charge is -2.12. The van der Waals surface area contributed by atoms with Crippen LogP contribution in [0.25, 0.3) is 11.0 Å². The molecule has 2 aromatic rings. The maximum atomic E-state index is 12.1. The lowest BCUT2D eigenvalue weighted by molar-refractivity contribution is -0.137. The van der Waals surface area contributed by atoms with Crippen molar-refractivity contribution >= 4 is 28.8 Å². The number of aromatic nitrogens is 2. The molecule has 0 saturated carbocycles. The number of carbonyl (C=O) groups is 2. The summed E-state index contributed by atoms with van der Waals surface area (Å²) in [4.78, 5) is 29.0.